The van der Waals surface area contributed by atoms with Gasteiger partial charge in [0, 0.05) is 33.0 Å². The molecule has 2 amide bonds. The van der Waals surface area contributed by atoms with Crippen LogP contribution < -0.4 is 5.73 Å². The van der Waals surface area contributed by atoms with E-state index in [4.69, 9.17) is 18.0 Å². The van der Waals surface area contributed by atoms with Crippen molar-refractivity contribution in [2.24, 2.45) is 17.1 Å². The minimum Gasteiger partial charge on any atom is -0.393 e. The van der Waals surface area contributed by atoms with Gasteiger partial charge in [0.1, 0.15) is 0 Å². The van der Waals surface area contributed by atoms with Gasteiger partial charge in [0.2, 0.25) is 11.8 Å². The molecule has 0 aromatic carbocycles. The number of hydrogen-bond donors (Lipinski definition) is 1. The maximum atomic E-state index is 12.1. The number of likely N-dealkylation sites (tertiary alicyclic amines) is 1. The van der Waals surface area contributed by atoms with E-state index in [1.807, 2.05) is 0 Å². The molecular weight excluding hydrogens is 274 g/mol. The maximum absolute atomic E-state index is 12.1. The van der Waals surface area contributed by atoms with Crippen LogP contribution in [0, 0.1) is 11.3 Å². The Morgan fingerprint density at radius 2 is 2.10 bits per heavy atom. The van der Waals surface area contributed by atoms with Crippen molar-refractivity contribution in [3.63, 3.8) is 0 Å². The molecule has 1 rings (SSSR count). The molecule has 0 spiro atoms. The van der Waals surface area contributed by atoms with Gasteiger partial charge in [-0.3, -0.25) is 9.59 Å². The number of carbonyl (C=O) groups excluding carboxylic acids is 2. The van der Waals surface area contributed by atoms with Crippen LogP contribution in [0.4, 0.5) is 0 Å². The quantitative estimate of drug-likeness (QED) is 0.770. The van der Waals surface area contributed by atoms with Crippen LogP contribution in [0.25, 0.3) is 0 Å². The number of amides is 2. The highest BCUT2D eigenvalue weighted by atomic mass is 32.1. The van der Waals surface area contributed by atoms with Gasteiger partial charge in [-0.25, -0.2) is 0 Å². The lowest BCUT2D eigenvalue weighted by Crippen LogP contribution is -2.40. The molecule has 0 saturated carbocycles. The van der Waals surface area contributed by atoms with E-state index < -0.39 is 0 Å². The molecule has 1 saturated heterocycles. The molecule has 114 valence electrons. The summed E-state index contributed by atoms with van der Waals surface area (Å²) in [5.41, 5.74) is 5.51. The first-order chi connectivity index (χ1) is 9.11. The van der Waals surface area contributed by atoms with E-state index in [9.17, 15) is 9.59 Å². The molecule has 1 unspecified atom stereocenters. The number of nitrogens with two attached hydrogens (primary N) is 1. The third-order valence-electron chi connectivity index (χ3n) is 3.88. The Hall–Kier alpha value is -1.17. The summed E-state index contributed by atoms with van der Waals surface area (Å²) in [6.07, 6.45) is 1.05. The van der Waals surface area contributed by atoms with Crippen LogP contribution in [-0.2, 0) is 9.59 Å². The summed E-state index contributed by atoms with van der Waals surface area (Å²) in [7, 11) is 1.71. The Morgan fingerprint density at radius 1 is 1.50 bits per heavy atom. The number of thiocarbonyl (C=S) groups is 1. The van der Waals surface area contributed by atoms with Crippen molar-refractivity contribution < 1.29 is 9.59 Å². The predicted molar refractivity (Wildman–Crippen MR) is 83.2 cm³/mol. The van der Waals surface area contributed by atoms with Crippen molar-refractivity contribution in [1.29, 1.82) is 0 Å². The summed E-state index contributed by atoms with van der Waals surface area (Å²) in [6, 6.07) is 0. The van der Waals surface area contributed by atoms with Crippen LogP contribution in [0.15, 0.2) is 0 Å². The molecule has 0 aromatic rings. The van der Waals surface area contributed by atoms with Gasteiger partial charge in [-0.15, -0.1) is 0 Å². The zero-order valence-corrected chi connectivity index (χ0v) is 13.6. The monoisotopic (exact) mass is 299 g/mol. The number of likely N-dealkylation sites (N-methyl/N-ethyl adjacent to an activating group) is 1. The van der Waals surface area contributed by atoms with Gasteiger partial charge in [0.25, 0.3) is 0 Å². The Morgan fingerprint density at radius 3 is 2.55 bits per heavy atom. The normalized spacial score (nSPS) is 19.3. The number of hydrogen-bond acceptors (Lipinski definition) is 3. The van der Waals surface area contributed by atoms with E-state index in [2.05, 4.69) is 20.8 Å². The van der Waals surface area contributed by atoms with E-state index in [-0.39, 0.29) is 23.8 Å². The molecule has 1 aliphatic heterocycles. The lowest BCUT2D eigenvalue weighted by Gasteiger charge is -2.27. The molecule has 1 heterocycles. The summed E-state index contributed by atoms with van der Waals surface area (Å²) in [5.74, 6) is 0.315. The first-order valence-corrected chi connectivity index (χ1v) is 7.32. The van der Waals surface area contributed by atoms with Gasteiger partial charge in [-0.1, -0.05) is 33.0 Å². The van der Waals surface area contributed by atoms with Gasteiger partial charge in [-0.05, 0) is 11.3 Å². The molecular formula is C14H25N3O2S. The zero-order valence-electron chi connectivity index (χ0n) is 12.8. The van der Waals surface area contributed by atoms with Crippen LogP contribution >= 0.6 is 12.2 Å². The fraction of sp³-hybridized carbons (Fsp3) is 0.786. The van der Waals surface area contributed by atoms with Gasteiger partial charge in [-0.2, -0.15) is 0 Å². The van der Waals surface area contributed by atoms with Gasteiger partial charge in [0.15, 0.2) is 0 Å². The number of rotatable bonds is 5. The summed E-state index contributed by atoms with van der Waals surface area (Å²) < 4.78 is 0. The van der Waals surface area contributed by atoms with Crippen LogP contribution in [-0.4, -0.2) is 53.3 Å². The first-order valence-electron chi connectivity index (χ1n) is 6.91. The molecule has 0 radical (unpaired) electrons. The molecule has 1 aliphatic rings. The third-order valence-corrected chi connectivity index (χ3v) is 4.09. The molecule has 1 atom stereocenters. The summed E-state index contributed by atoms with van der Waals surface area (Å²) in [6.45, 7) is 7.70. The fourth-order valence-electron chi connectivity index (χ4n) is 2.19. The summed E-state index contributed by atoms with van der Waals surface area (Å²) >= 11 is 4.79. The number of nitrogens with zero attached hydrogens (tertiary/aromatic N) is 2. The van der Waals surface area contributed by atoms with E-state index in [1.54, 1.807) is 16.8 Å². The summed E-state index contributed by atoms with van der Waals surface area (Å²) in [5, 5.41) is 0. The molecule has 6 heteroatoms. The van der Waals surface area contributed by atoms with Crippen molar-refractivity contribution >= 4 is 29.0 Å². The number of carbonyl (C=O) groups is 2. The topological polar surface area (TPSA) is 66.6 Å². The standard InChI is InChI=1S/C14H25N3O2S/c1-14(2,3)10-7-12(18)17(8-10)9-13(19)16(4)6-5-11(15)20/h10H,5-9H2,1-4H3,(H2,15,20). The second kappa shape index (κ2) is 6.52. The highest BCUT2D eigenvalue weighted by molar-refractivity contribution is 7.80. The van der Waals surface area contributed by atoms with Gasteiger partial charge >= 0.3 is 0 Å². The Bertz CT molecular complexity index is 404. The minimum atomic E-state index is -0.0656. The molecule has 2 N–H and O–H groups in total. The Balaban J connectivity index is 2.50. The molecule has 0 aromatic heterocycles. The molecule has 5 nitrogen and oxygen atoms in total. The van der Waals surface area contributed by atoms with Crippen LogP contribution in [0.3, 0.4) is 0 Å². The predicted octanol–water partition coefficient (Wildman–Crippen LogP) is 1.02. The molecule has 1 fully saturated rings. The van der Waals surface area contributed by atoms with Crippen molar-refractivity contribution in [1.82, 2.24) is 9.80 Å². The van der Waals surface area contributed by atoms with Crippen LogP contribution in [0.1, 0.15) is 33.6 Å². The van der Waals surface area contributed by atoms with Crippen molar-refractivity contribution in [2.75, 3.05) is 26.7 Å². The van der Waals surface area contributed by atoms with Crippen molar-refractivity contribution in [2.45, 2.75) is 33.6 Å². The van der Waals surface area contributed by atoms with Crippen LogP contribution in [0.2, 0.25) is 0 Å². The second-order valence-corrected chi connectivity index (χ2v) is 7.10. The fourth-order valence-corrected chi connectivity index (χ4v) is 2.28. The lowest BCUT2D eigenvalue weighted by atomic mass is 9.80. The van der Waals surface area contributed by atoms with E-state index in [1.165, 1.54) is 0 Å². The Labute approximate surface area is 126 Å². The minimum absolute atomic E-state index is 0.0656. The van der Waals surface area contributed by atoms with Crippen molar-refractivity contribution in [3.05, 3.63) is 0 Å². The smallest absolute Gasteiger partial charge is 0.241 e. The highest BCUT2D eigenvalue weighted by Gasteiger charge is 2.37. The molecule has 0 bridgehead atoms. The molecule has 0 aliphatic carbocycles. The van der Waals surface area contributed by atoms with Gasteiger partial charge in [0.05, 0.1) is 11.5 Å². The van der Waals surface area contributed by atoms with Gasteiger partial charge < -0.3 is 15.5 Å². The summed E-state index contributed by atoms with van der Waals surface area (Å²) in [4.78, 5) is 27.7. The second-order valence-electron chi connectivity index (χ2n) is 6.57. The highest BCUT2D eigenvalue weighted by Crippen LogP contribution is 2.34. The van der Waals surface area contributed by atoms with E-state index in [0.717, 1.165) is 0 Å². The average Bonchev–Trinajstić information content (AvgIpc) is 2.67. The molecule has 20 heavy (non-hydrogen) atoms. The SMILES string of the molecule is CN(CCC(N)=S)C(=O)CN1CC(C(C)(C)C)CC1=O. The Kier molecular flexibility index (Phi) is 5.50. The first kappa shape index (κ1) is 16.9. The zero-order chi connectivity index (χ0) is 15.5. The maximum Gasteiger partial charge on any atom is 0.241 e. The average molecular weight is 299 g/mol. The lowest BCUT2D eigenvalue weighted by molar-refractivity contribution is -0.137. The van der Waals surface area contributed by atoms with E-state index in [0.29, 0.717) is 36.8 Å². The van der Waals surface area contributed by atoms with E-state index >= 15 is 0 Å². The largest absolute Gasteiger partial charge is 0.393 e. The van der Waals surface area contributed by atoms with Crippen molar-refractivity contribution in [3.8, 4) is 0 Å². The third kappa shape index (κ3) is 4.74. The van der Waals surface area contributed by atoms with Crippen LogP contribution in [0.5, 0.6) is 0 Å².